The molecule has 1 aliphatic heterocycles. The Balaban J connectivity index is 2.39. The Labute approximate surface area is 191 Å². The number of benzene rings is 1. The zero-order chi connectivity index (χ0) is 23.5. The maximum atomic E-state index is 14.2. The molecule has 1 aromatic rings. The van der Waals surface area contributed by atoms with Crippen molar-refractivity contribution in [2.24, 2.45) is 5.92 Å². The maximum Gasteiger partial charge on any atom is 0.252 e. The summed E-state index contributed by atoms with van der Waals surface area (Å²) in [4.78, 5) is 31.6. The Kier molecular flexibility index (Phi) is 11.1. The van der Waals surface area contributed by atoms with Gasteiger partial charge in [0.1, 0.15) is 12.4 Å². The molecule has 1 aliphatic rings. The number of hydrogen-bond acceptors (Lipinski definition) is 5. The van der Waals surface area contributed by atoms with Gasteiger partial charge in [-0.05, 0) is 55.6 Å². The summed E-state index contributed by atoms with van der Waals surface area (Å²) in [5.74, 6) is -0.0750. The second-order valence-corrected chi connectivity index (χ2v) is 8.71. The van der Waals surface area contributed by atoms with Crippen LogP contribution in [0.1, 0.15) is 38.7 Å². The van der Waals surface area contributed by atoms with Crippen LogP contribution in [0.5, 0.6) is 0 Å². The Morgan fingerprint density at radius 3 is 2.41 bits per heavy atom. The molecule has 0 spiro atoms. The molecule has 0 saturated carbocycles. The zero-order valence-electron chi connectivity index (χ0n) is 19.9. The summed E-state index contributed by atoms with van der Waals surface area (Å²) in [6.07, 6.45) is 1.90. The molecular weight excluding hydrogens is 413 g/mol. The van der Waals surface area contributed by atoms with Crippen LogP contribution in [0, 0.1) is 11.7 Å². The third kappa shape index (κ3) is 8.15. The molecule has 2 amide bonds. The van der Waals surface area contributed by atoms with Crippen LogP contribution in [-0.4, -0.2) is 81.8 Å². The molecule has 1 heterocycles. The molecule has 7 nitrogen and oxygen atoms in total. The van der Waals surface area contributed by atoms with Gasteiger partial charge in [-0.3, -0.25) is 9.59 Å². The predicted octanol–water partition coefficient (Wildman–Crippen LogP) is 2.92. The smallest absolute Gasteiger partial charge is 0.252 e. The normalized spacial score (nSPS) is 16.4. The lowest BCUT2D eigenvalue weighted by atomic mass is 10.1. The van der Waals surface area contributed by atoms with Gasteiger partial charge < -0.3 is 24.2 Å². The maximum absolute atomic E-state index is 14.2. The van der Waals surface area contributed by atoms with Gasteiger partial charge in [0.05, 0.1) is 13.0 Å². The first kappa shape index (κ1) is 26.2. The van der Waals surface area contributed by atoms with E-state index >= 15 is 0 Å². The first-order valence-electron chi connectivity index (χ1n) is 11.4. The summed E-state index contributed by atoms with van der Waals surface area (Å²) in [6, 6.07) is 4.42. The third-order valence-corrected chi connectivity index (χ3v) is 5.52. The Bertz CT molecular complexity index is 744. The van der Waals surface area contributed by atoms with E-state index in [-0.39, 0.29) is 37.2 Å². The van der Waals surface area contributed by atoms with Crippen LogP contribution in [0.4, 0.5) is 10.1 Å². The van der Waals surface area contributed by atoms with Crippen molar-refractivity contribution in [2.75, 3.05) is 65.1 Å². The van der Waals surface area contributed by atoms with E-state index < -0.39 is 0 Å². The van der Waals surface area contributed by atoms with Gasteiger partial charge in [-0.1, -0.05) is 13.8 Å². The van der Waals surface area contributed by atoms with Crippen molar-refractivity contribution in [3.05, 3.63) is 29.6 Å². The molecule has 0 unspecified atom stereocenters. The van der Waals surface area contributed by atoms with Crippen LogP contribution >= 0.6 is 0 Å². The summed E-state index contributed by atoms with van der Waals surface area (Å²) < 4.78 is 24.4. The van der Waals surface area contributed by atoms with E-state index in [1.807, 2.05) is 0 Å². The van der Waals surface area contributed by atoms with Gasteiger partial charge in [-0.2, -0.15) is 0 Å². The molecule has 0 aromatic heterocycles. The second-order valence-electron chi connectivity index (χ2n) is 8.71. The molecule has 1 aromatic carbocycles. The quantitative estimate of drug-likeness (QED) is 0.638. The largest absolute Gasteiger partial charge is 0.384 e. The number of rotatable bonds is 7. The van der Waals surface area contributed by atoms with Gasteiger partial charge in [0.2, 0.25) is 5.91 Å². The van der Waals surface area contributed by atoms with Gasteiger partial charge in [0.25, 0.3) is 5.91 Å². The van der Waals surface area contributed by atoms with Crippen molar-refractivity contribution in [2.45, 2.75) is 39.7 Å². The van der Waals surface area contributed by atoms with Crippen molar-refractivity contribution < 1.29 is 23.5 Å². The second kappa shape index (κ2) is 13.5. The van der Waals surface area contributed by atoms with Crippen LogP contribution in [0.2, 0.25) is 0 Å². The van der Waals surface area contributed by atoms with Crippen LogP contribution in [0.25, 0.3) is 0 Å². The van der Waals surface area contributed by atoms with Crippen LogP contribution in [0.3, 0.4) is 0 Å². The fourth-order valence-corrected chi connectivity index (χ4v) is 4.12. The number of ether oxygens (including phenoxy) is 2. The van der Waals surface area contributed by atoms with Crippen molar-refractivity contribution >= 4 is 17.5 Å². The molecular formula is C24H38FN3O4. The highest BCUT2D eigenvalue weighted by Crippen LogP contribution is 2.25. The van der Waals surface area contributed by atoms with E-state index in [9.17, 15) is 14.0 Å². The number of carbonyl (C=O) groups excluding carboxylic acids is 2. The van der Waals surface area contributed by atoms with Crippen LogP contribution in [-0.2, 0) is 25.6 Å². The molecule has 0 atom stereocenters. The topological polar surface area (TPSA) is 62.3 Å². The first-order chi connectivity index (χ1) is 15.3. The SMILES string of the molecule is COCCC(=O)N1CCCN(CC(C)C)CCCN(C(=O)COC)c2ccc(F)cc2C1. The number of nitrogens with zero attached hydrogens (tertiary/aromatic N) is 3. The van der Waals surface area contributed by atoms with E-state index in [1.54, 1.807) is 23.0 Å². The summed E-state index contributed by atoms with van der Waals surface area (Å²) in [6.45, 7) is 8.67. The highest BCUT2D eigenvalue weighted by atomic mass is 19.1. The van der Waals surface area contributed by atoms with E-state index in [1.165, 1.54) is 19.2 Å². The van der Waals surface area contributed by atoms with Crippen LogP contribution < -0.4 is 4.90 Å². The van der Waals surface area contributed by atoms with E-state index in [0.29, 0.717) is 36.9 Å². The molecule has 2 rings (SSSR count). The average molecular weight is 452 g/mol. The summed E-state index contributed by atoms with van der Waals surface area (Å²) in [5.41, 5.74) is 1.26. The van der Waals surface area contributed by atoms with Crippen LogP contribution in [0.15, 0.2) is 18.2 Å². The standard InChI is InChI=1S/C24H38FN3O4/c1-19(2)16-26-10-5-12-27(23(29)9-14-31-3)17-20-15-21(25)7-8-22(20)28(13-6-11-26)24(30)18-32-4/h7-8,15,19H,5-6,9-14,16-18H2,1-4H3. The first-order valence-corrected chi connectivity index (χ1v) is 11.4. The number of fused-ring (bicyclic) bond motifs is 1. The minimum atomic E-state index is -0.387. The highest BCUT2D eigenvalue weighted by molar-refractivity contribution is 5.95. The average Bonchev–Trinajstić information content (AvgIpc) is 2.73. The monoisotopic (exact) mass is 451 g/mol. The zero-order valence-corrected chi connectivity index (χ0v) is 19.9. The molecule has 0 radical (unpaired) electrons. The molecule has 0 aliphatic carbocycles. The van der Waals surface area contributed by atoms with E-state index in [4.69, 9.17) is 9.47 Å². The van der Waals surface area contributed by atoms with Gasteiger partial charge in [-0.15, -0.1) is 0 Å². The highest BCUT2D eigenvalue weighted by Gasteiger charge is 2.23. The molecule has 180 valence electrons. The fraction of sp³-hybridized carbons (Fsp3) is 0.667. The lowest BCUT2D eigenvalue weighted by molar-refractivity contribution is -0.132. The lowest BCUT2D eigenvalue weighted by Crippen LogP contribution is -2.40. The van der Waals surface area contributed by atoms with Crippen molar-refractivity contribution in [3.8, 4) is 0 Å². The van der Waals surface area contributed by atoms with E-state index in [2.05, 4.69) is 18.7 Å². The number of carbonyl (C=O) groups is 2. The molecule has 8 heteroatoms. The fourth-order valence-electron chi connectivity index (χ4n) is 4.12. The molecule has 32 heavy (non-hydrogen) atoms. The minimum Gasteiger partial charge on any atom is -0.384 e. The number of methoxy groups -OCH3 is 2. The van der Waals surface area contributed by atoms with Crippen molar-refractivity contribution in [1.29, 1.82) is 0 Å². The van der Waals surface area contributed by atoms with Gasteiger partial charge in [-0.25, -0.2) is 4.39 Å². The van der Waals surface area contributed by atoms with Crippen molar-refractivity contribution in [3.63, 3.8) is 0 Å². The summed E-state index contributed by atoms with van der Waals surface area (Å²) in [7, 11) is 3.05. The number of hydrogen-bond donors (Lipinski definition) is 0. The summed E-state index contributed by atoms with van der Waals surface area (Å²) >= 11 is 0. The van der Waals surface area contributed by atoms with Gasteiger partial charge in [0.15, 0.2) is 0 Å². The lowest BCUT2D eigenvalue weighted by Gasteiger charge is -2.32. The number of amides is 2. The number of halogens is 1. The van der Waals surface area contributed by atoms with Gasteiger partial charge in [0, 0.05) is 46.1 Å². The summed E-state index contributed by atoms with van der Waals surface area (Å²) in [5, 5.41) is 0. The molecule has 0 saturated heterocycles. The van der Waals surface area contributed by atoms with E-state index in [0.717, 1.165) is 32.5 Å². The molecule has 0 bridgehead atoms. The molecule has 0 N–H and O–H groups in total. The Morgan fingerprint density at radius 2 is 1.75 bits per heavy atom. The Morgan fingerprint density at radius 1 is 1.03 bits per heavy atom. The van der Waals surface area contributed by atoms with Gasteiger partial charge >= 0.3 is 0 Å². The predicted molar refractivity (Wildman–Crippen MR) is 123 cm³/mol. The Hall–Kier alpha value is -2.03. The minimum absolute atomic E-state index is 0.0377. The van der Waals surface area contributed by atoms with Crippen molar-refractivity contribution in [1.82, 2.24) is 9.80 Å². The number of anilines is 1. The third-order valence-electron chi connectivity index (χ3n) is 5.52. The molecule has 0 fully saturated rings.